The van der Waals surface area contributed by atoms with E-state index in [2.05, 4.69) is 217 Å². The van der Waals surface area contributed by atoms with Crippen molar-refractivity contribution in [2.75, 3.05) is 0 Å². The first-order valence-corrected chi connectivity index (χ1v) is 21.8. The van der Waals surface area contributed by atoms with Crippen LogP contribution in [0.2, 0.25) is 0 Å². The molecule has 0 aliphatic heterocycles. The Balaban J connectivity index is 1.14. The molecule has 10 aromatic carbocycles. The molecule has 0 unspecified atom stereocenters. The second-order valence-corrected chi connectivity index (χ2v) is 17.7. The number of hydrogen-bond donors (Lipinski definition) is 0. The van der Waals surface area contributed by atoms with E-state index in [1.54, 1.807) is 0 Å². The fraction of sp³-hybridized carbons (Fsp3) is 0.0508. The number of fused-ring (bicyclic) bond motifs is 18. The third kappa shape index (κ3) is 4.59. The van der Waals surface area contributed by atoms with Crippen LogP contribution in [0.15, 0.2) is 194 Å². The van der Waals surface area contributed by atoms with Crippen molar-refractivity contribution in [2.45, 2.75) is 19.3 Å². The van der Waals surface area contributed by atoms with E-state index < -0.39 is 0 Å². The van der Waals surface area contributed by atoms with E-state index in [1.807, 2.05) is 0 Å². The maximum atomic E-state index is 5.81. The third-order valence-electron chi connectivity index (χ3n) is 14.1. The number of rotatable bonds is 3. The van der Waals surface area contributed by atoms with Crippen molar-refractivity contribution in [3.05, 3.63) is 205 Å². The highest BCUT2D eigenvalue weighted by molar-refractivity contribution is 6.37. The minimum atomic E-state index is -0.339. The van der Waals surface area contributed by atoms with Gasteiger partial charge in [-0.3, -0.25) is 4.57 Å². The zero-order valence-corrected chi connectivity index (χ0v) is 34.8. The molecule has 294 valence electrons. The molecule has 0 spiro atoms. The number of benzene rings is 10. The number of aromatic nitrogens is 4. The van der Waals surface area contributed by atoms with Crippen molar-refractivity contribution in [2.24, 2.45) is 0 Å². The van der Waals surface area contributed by atoms with Gasteiger partial charge in [-0.15, -0.1) is 0 Å². The van der Waals surface area contributed by atoms with E-state index in [1.165, 1.54) is 75.7 Å². The predicted octanol–water partition coefficient (Wildman–Crippen LogP) is 15.3. The van der Waals surface area contributed by atoms with E-state index >= 15 is 0 Å². The molecule has 1 aliphatic carbocycles. The fourth-order valence-electron chi connectivity index (χ4n) is 11.4. The molecular formula is C59H38N4. The lowest BCUT2D eigenvalue weighted by molar-refractivity contribution is 0.657. The van der Waals surface area contributed by atoms with Crippen LogP contribution in [0.1, 0.15) is 25.0 Å². The Labute approximate surface area is 362 Å². The lowest BCUT2D eigenvalue weighted by atomic mass is 9.81. The van der Waals surface area contributed by atoms with Gasteiger partial charge in [0.25, 0.3) is 0 Å². The molecule has 14 rings (SSSR count). The summed E-state index contributed by atoms with van der Waals surface area (Å²) < 4.78 is 4.74. The summed E-state index contributed by atoms with van der Waals surface area (Å²) >= 11 is 0. The van der Waals surface area contributed by atoms with Gasteiger partial charge in [-0.05, 0) is 79.7 Å². The lowest BCUT2D eigenvalue weighted by Crippen LogP contribution is -2.18. The van der Waals surface area contributed by atoms with E-state index in [-0.39, 0.29) is 5.41 Å². The van der Waals surface area contributed by atoms with Crippen molar-refractivity contribution in [3.63, 3.8) is 0 Å². The van der Waals surface area contributed by atoms with E-state index in [0.29, 0.717) is 5.95 Å². The van der Waals surface area contributed by atoms with Gasteiger partial charge in [-0.1, -0.05) is 172 Å². The minimum absolute atomic E-state index is 0.339. The number of para-hydroxylation sites is 2. The molecule has 4 nitrogen and oxygen atoms in total. The summed E-state index contributed by atoms with van der Waals surface area (Å²) in [5.41, 5.74) is 11.9. The van der Waals surface area contributed by atoms with Gasteiger partial charge in [-0.2, -0.15) is 0 Å². The highest BCUT2D eigenvalue weighted by Gasteiger charge is 2.40. The van der Waals surface area contributed by atoms with Crippen molar-refractivity contribution in [1.82, 2.24) is 19.1 Å². The largest absolute Gasteiger partial charge is 0.309 e. The minimum Gasteiger partial charge on any atom is -0.309 e. The summed E-state index contributed by atoms with van der Waals surface area (Å²) in [6.45, 7) is 4.66. The molecule has 0 bridgehead atoms. The molecule has 0 saturated heterocycles. The Kier molecular flexibility index (Phi) is 6.87. The monoisotopic (exact) mass is 802 g/mol. The van der Waals surface area contributed by atoms with Crippen LogP contribution in [0.3, 0.4) is 0 Å². The van der Waals surface area contributed by atoms with E-state index in [9.17, 15) is 0 Å². The molecule has 0 saturated carbocycles. The Hall–Kier alpha value is -8.08. The van der Waals surface area contributed by atoms with Gasteiger partial charge >= 0.3 is 0 Å². The normalized spacial score (nSPS) is 13.4. The molecule has 0 amide bonds. The van der Waals surface area contributed by atoms with Crippen molar-refractivity contribution >= 4 is 86.7 Å². The summed E-state index contributed by atoms with van der Waals surface area (Å²) in [6.07, 6.45) is 0. The number of hydrogen-bond acceptors (Lipinski definition) is 2. The average Bonchev–Trinajstić information content (AvgIpc) is 3.94. The topological polar surface area (TPSA) is 35.6 Å². The predicted molar refractivity (Wildman–Crippen MR) is 264 cm³/mol. The summed E-state index contributed by atoms with van der Waals surface area (Å²) in [5, 5.41) is 14.8. The smallest absolute Gasteiger partial charge is 0.235 e. The molecule has 3 aromatic heterocycles. The summed E-state index contributed by atoms with van der Waals surface area (Å²) in [6, 6.07) is 70.9. The molecule has 0 atom stereocenters. The molecule has 0 radical (unpaired) electrons. The van der Waals surface area contributed by atoms with Crippen LogP contribution in [0.4, 0.5) is 0 Å². The highest BCUT2D eigenvalue weighted by atomic mass is 15.2. The van der Waals surface area contributed by atoms with Crippen molar-refractivity contribution in [1.29, 1.82) is 0 Å². The molecule has 0 N–H and O–H groups in total. The summed E-state index contributed by atoms with van der Waals surface area (Å²) in [7, 11) is 0. The second kappa shape index (κ2) is 12.5. The Morgan fingerprint density at radius 2 is 0.952 bits per heavy atom. The number of nitrogens with zero attached hydrogens (tertiary/aromatic N) is 4. The Morgan fingerprint density at radius 3 is 1.76 bits per heavy atom. The highest BCUT2D eigenvalue weighted by Crippen LogP contribution is 2.52. The van der Waals surface area contributed by atoms with Crippen LogP contribution < -0.4 is 0 Å². The Morgan fingerprint density at radius 1 is 0.381 bits per heavy atom. The van der Waals surface area contributed by atoms with Crippen LogP contribution in [-0.4, -0.2) is 19.1 Å². The molecular weight excluding hydrogens is 765 g/mol. The van der Waals surface area contributed by atoms with Gasteiger partial charge < -0.3 is 4.57 Å². The zero-order chi connectivity index (χ0) is 41.6. The molecule has 0 fully saturated rings. The van der Waals surface area contributed by atoms with Crippen molar-refractivity contribution < 1.29 is 0 Å². The second-order valence-electron chi connectivity index (χ2n) is 17.7. The third-order valence-corrected chi connectivity index (χ3v) is 14.1. The van der Waals surface area contributed by atoms with Gasteiger partial charge in [-0.25, -0.2) is 9.97 Å². The Bertz CT molecular complexity index is 4080. The van der Waals surface area contributed by atoms with Gasteiger partial charge in [0.1, 0.15) is 0 Å². The van der Waals surface area contributed by atoms with Gasteiger partial charge in [0, 0.05) is 54.7 Å². The standard InChI is InChI=1S/C59H38N4/c1-59(2)47-26-14-12-25-46(47)57-55(59)56(36-28-30-43-42-23-13-15-27-48(42)62(51(43)34-36)37-17-4-3-5-18-37)60-58(61-57)63-49-32-29-35-16-6-7-19-38(35)53(49)54-50(63)33-31-45-41-22-9-8-20-39(41)40-21-10-11-24-44(40)52(45)54/h3-34H,1-2H3. The van der Waals surface area contributed by atoms with E-state index in [4.69, 9.17) is 9.97 Å². The zero-order valence-electron chi connectivity index (χ0n) is 34.8. The molecule has 13 aromatic rings. The quantitative estimate of drug-likeness (QED) is 0.167. The molecule has 63 heavy (non-hydrogen) atoms. The maximum Gasteiger partial charge on any atom is 0.235 e. The van der Waals surface area contributed by atoms with Crippen LogP contribution in [0.5, 0.6) is 0 Å². The molecule has 3 heterocycles. The lowest BCUT2D eigenvalue weighted by Gasteiger charge is -2.24. The summed E-state index contributed by atoms with van der Waals surface area (Å²) in [4.78, 5) is 11.5. The van der Waals surface area contributed by atoms with Gasteiger partial charge in [0.2, 0.25) is 5.95 Å². The van der Waals surface area contributed by atoms with Crippen LogP contribution >= 0.6 is 0 Å². The van der Waals surface area contributed by atoms with Crippen molar-refractivity contribution in [3.8, 4) is 34.2 Å². The van der Waals surface area contributed by atoms with Gasteiger partial charge in [0.15, 0.2) is 0 Å². The van der Waals surface area contributed by atoms with Gasteiger partial charge in [0.05, 0.1) is 33.5 Å². The molecule has 1 aliphatic rings. The average molecular weight is 803 g/mol. The SMILES string of the molecule is CC1(C)c2ccccc2-c2nc(-n3c4ccc5ccccc5c4c4c5c6ccccc6c6ccccc6c5ccc43)nc(-c3ccc4c5ccccc5n(-c5ccccc5)c4c3)c21. The first kappa shape index (κ1) is 34.6. The van der Waals surface area contributed by atoms with Crippen LogP contribution in [0.25, 0.3) is 121 Å². The maximum absolute atomic E-state index is 5.81. The summed E-state index contributed by atoms with van der Waals surface area (Å²) in [5.74, 6) is 0.666. The van der Waals surface area contributed by atoms with Crippen LogP contribution in [-0.2, 0) is 5.41 Å². The molecule has 4 heteroatoms. The fourth-order valence-corrected chi connectivity index (χ4v) is 11.4. The first-order valence-electron chi connectivity index (χ1n) is 21.8. The first-order chi connectivity index (χ1) is 31.0. The van der Waals surface area contributed by atoms with Crippen LogP contribution in [0, 0.1) is 0 Å². The van der Waals surface area contributed by atoms with E-state index in [0.717, 1.165) is 50.3 Å².